The van der Waals surface area contributed by atoms with Gasteiger partial charge in [-0.3, -0.25) is 9.89 Å². The molecule has 3 saturated heterocycles. The molecule has 4 heteroatoms. The van der Waals surface area contributed by atoms with Gasteiger partial charge in [-0.2, -0.15) is 0 Å². The minimum atomic E-state index is -0.509. The molecule has 6 aliphatic rings. The van der Waals surface area contributed by atoms with Crippen molar-refractivity contribution in [2.24, 2.45) is 22.2 Å². The maximum absolute atomic E-state index is 11.4. The fraction of sp³-hybridized carbons (Fsp3) is 0.550. The van der Waals surface area contributed by atoms with Gasteiger partial charge >= 0.3 is 0 Å². The Labute approximate surface area is 141 Å². The van der Waals surface area contributed by atoms with Crippen molar-refractivity contribution in [3.8, 4) is 0 Å². The summed E-state index contributed by atoms with van der Waals surface area (Å²) in [5.41, 5.74) is 2.87. The highest BCUT2D eigenvalue weighted by Gasteiger charge is 2.77. The Kier molecular flexibility index (Phi) is 2.30. The maximum Gasteiger partial charge on any atom is 0.118 e. The van der Waals surface area contributed by atoms with Crippen LogP contribution in [0.5, 0.6) is 0 Å². The first kappa shape index (κ1) is 13.8. The molecular weight excluding hydrogens is 300 g/mol. The van der Waals surface area contributed by atoms with Gasteiger partial charge in [0.25, 0.3) is 0 Å². The van der Waals surface area contributed by atoms with Gasteiger partial charge in [0, 0.05) is 17.4 Å². The molecule has 1 aromatic carbocycles. The Morgan fingerprint density at radius 1 is 1.42 bits per heavy atom. The van der Waals surface area contributed by atoms with Crippen LogP contribution in [0.15, 0.2) is 41.9 Å². The zero-order valence-corrected chi connectivity index (χ0v) is 13.9. The van der Waals surface area contributed by atoms with Crippen molar-refractivity contribution in [1.29, 1.82) is 0 Å². The zero-order valence-electron chi connectivity index (χ0n) is 13.9. The molecule has 5 bridgehead atoms. The lowest BCUT2D eigenvalue weighted by molar-refractivity contribution is -0.266. The number of ether oxygens (including phenoxy) is 1. The lowest BCUT2D eigenvalue weighted by Gasteiger charge is -2.73. The van der Waals surface area contributed by atoms with E-state index >= 15 is 0 Å². The number of para-hydroxylation sites is 1. The average Bonchev–Trinajstić information content (AvgIpc) is 2.93. The van der Waals surface area contributed by atoms with Crippen LogP contribution in [-0.4, -0.2) is 47.7 Å². The smallest absolute Gasteiger partial charge is 0.118 e. The fourth-order valence-corrected chi connectivity index (χ4v) is 7.01. The largest absolute Gasteiger partial charge is 0.377 e. The number of benzene rings is 1. The predicted molar refractivity (Wildman–Crippen MR) is 91.4 cm³/mol. The number of aliphatic imine (C=N–C) groups is 1. The van der Waals surface area contributed by atoms with Crippen LogP contribution in [0.2, 0.25) is 0 Å². The van der Waals surface area contributed by atoms with Gasteiger partial charge in [0.15, 0.2) is 0 Å². The first-order chi connectivity index (χ1) is 11.6. The highest BCUT2D eigenvalue weighted by atomic mass is 16.5. The molecule has 0 aromatic heterocycles. The monoisotopic (exact) mass is 322 g/mol. The van der Waals surface area contributed by atoms with Gasteiger partial charge in [0.2, 0.25) is 0 Å². The van der Waals surface area contributed by atoms with Crippen molar-refractivity contribution in [3.63, 3.8) is 0 Å². The Bertz CT molecular complexity index is 805. The molecule has 0 amide bonds. The van der Waals surface area contributed by atoms with Crippen LogP contribution in [-0.2, 0) is 10.2 Å². The standard InChI is InChI=1S/C20H22N2O2/c1-3-19-13-8-16-17-20(19,12-6-4-5-7-14(12)21-17)9-15(11(13)10-24-16)22(2)18(19)23/h3-7,11,13,15-16,18,23H,1,8-10H2,2H3/t11-,13+,15+,16-,18+,19+,20-/m0/s1. The molecule has 0 unspecified atom stereocenters. The number of hydrogen-bond acceptors (Lipinski definition) is 4. The van der Waals surface area contributed by atoms with Crippen LogP contribution in [0.4, 0.5) is 5.69 Å². The Balaban J connectivity index is 1.73. The fourth-order valence-electron chi connectivity index (χ4n) is 7.01. The molecule has 124 valence electrons. The third kappa shape index (κ3) is 1.12. The second-order valence-corrected chi connectivity index (χ2v) is 8.20. The van der Waals surface area contributed by atoms with E-state index in [1.807, 2.05) is 0 Å². The molecule has 4 aliphatic heterocycles. The number of rotatable bonds is 1. The molecule has 0 radical (unpaired) electrons. The van der Waals surface area contributed by atoms with Crippen LogP contribution in [0.3, 0.4) is 0 Å². The van der Waals surface area contributed by atoms with Crippen LogP contribution >= 0.6 is 0 Å². The third-order valence-electron chi connectivity index (χ3n) is 7.86. The molecule has 4 nitrogen and oxygen atoms in total. The van der Waals surface area contributed by atoms with Gasteiger partial charge in [-0.05, 0) is 37.4 Å². The zero-order chi connectivity index (χ0) is 16.3. The van der Waals surface area contributed by atoms with Gasteiger partial charge in [0.1, 0.15) is 6.23 Å². The molecule has 2 saturated carbocycles. The van der Waals surface area contributed by atoms with Crippen LogP contribution in [0.25, 0.3) is 0 Å². The molecule has 24 heavy (non-hydrogen) atoms. The van der Waals surface area contributed by atoms with Gasteiger partial charge in [-0.1, -0.05) is 24.3 Å². The molecule has 4 heterocycles. The summed E-state index contributed by atoms with van der Waals surface area (Å²) < 4.78 is 6.27. The Morgan fingerprint density at radius 3 is 3.08 bits per heavy atom. The molecule has 7 atom stereocenters. The van der Waals surface area contributed by atoms with E-state index in [0.717, 1.165) is 30.8 Å². The van der Waals surface area contributed by atoms with Crippen molar-refractivity contribution < 1.29 is 9.84 Å². The Morgan fingerprint density at radius 2 is 2.25 bits per heavy atom. The van der Waals surface area contributed by atoms with Crippen molar-refractivity contribution >= 4 is 11.4 Å². The molecule has 1 N–H and O–H groups in total. The minimum absolute atomic E-state index is 0.100. The lowest BCUT2D eigenvalue weighted by atomic mass is 9.37. The van der Waals surface area contributed by atoms with Crippen LogP contribution in [0, 0.1) is 17.3 Å². The molecule has 1 spiro atoms. The molecule has 5 fully saturated rings. The van der Waals surface area contributed by atoms with E-state index in [2.05, 4.69) is 48.9 Å². The summed E-state index contributed by atoms with van der Waals surface area (Å²) >= 11 is 0. The minimum Gasteiger partial charge on any atom is -0.377 e. The predicted octanol–water partition coefficient (Wildman–Crippen LogP) is 2.25. The summed E-state index contributed by atoms with van der Waals surface area (Å²) in [7, 11) is 2.06. The molecule has 7 rings (SSSR count). The highest BCUT2D eigenvalue weighted by molar-refractivity contribution is 6.07. The van der Waals surface area contributed by atoms with Crippen molar-refractivity contribution in [1.82, 2.24) is 4.90 Å². The number of nitrogens with zero attached hydrogens (tertiary/aromatic N) is 2. The second kappa shape index (κ2) is 4.01. The summed E-state index contributed by atoms with van der Waals surface area (Å²) in [5.74, 6) is 0.899. The Hall–Kier alpha value is -1.49. The van der Waals surface area contributed by atoms with E-state index in [1.165, 1.54) is 5.56 Å². The summed E-state index contributed by atoms with van der Waals surface area (Å²) in [6, 6.07) is 8.80. The maximum atomic E-state index is 11.4. The first-order valence-corrected chi connectivity index (χ1v) is 8.99. The average molecular weight is 322 g/mol. The molecular formula is C20H22N2O2. The molecule has 2 aliphatic carbocycles. The van der Waals surface area contributed by atoms with Crippen molar-refractivity contribution in [3.05, 3.63) is 42.5 Å². The summed E-state index contributed by atoms with van der Waals surface area (Å²) in [4.78, 5) is 7.22. The lowest BCUT2D eigenvalue weighted by Crippen LogP contribution is -2.81. The number of fused-ring (bicyclic) bond motifs is 4. The highest BCUT2D eigenvalue weighted by Crippen LogP contribution is 2.72. The van der Waals surface area contributed by atoms with E-state index in [9.17, 15) is 5.11 Å². The SMILES string of the molecule is C=C[C@]12[C@@H]3C[C@@H]4OC[C@@H]3[C@@H](C[C@]13C4=Nc1ccccc13)N(C)[C@@H]2O. The normalized spacial score (nSPS) is 50.4. The number of hydrogen-bond donors (Lipinski definition) is 1. The van der Waals surface area contributed by atoms with E-state index in [1.54, 1.807) is 0 Å². The quantitative estimate of drug-likeness (QED) is 0.807. The van der Waals surface area contributed by atoms with Gasteiger partial charge in [0.05, 0.1) is 29.5 Å². The first-order valence-electron chi connectivity index (χ1n) is 8.99. The van der Waals surface area contributed by atoms with E-state index in [4.69, 9.17) is 9.73 Å². The third-order valence-corrected chi connectivity index (χ3v) is 7.86. The van der Waals surface area contributed by atoms with Gasteiger partial charge in [-0.15, -0.1) is 6.58 Å². The van der Waals surface area contributed by atoms with Gasteiger partial charge < -0.3 is 9.84 Å². The van der Waals surface area contributed by atoms with Crippen LogP contribution in [0.1, 0.15) is 18.4 Å². The number of piperidine rings is 2. The van der Waals surface area contributed by atoms with Gasteiger partial charge in [-0.25, -0.2) is 0 Å². The number of aliphatic hydroxyl groups is 1. The van der Waals surface area contributed by atoms with Crippen LogP contribution < -0.4 is 0 Å². The molecule has 1 aromatic rings. The van der Waals surface area contributed by atoms with E-state index in [-0.39, 0.29) is 16.9 Å². The second-order valence-electron chi connectivity index (χ2n) is 8.20. The summed E-state index contributed by atoms with van der Waals surface area (Å²) in [6.45, 7) is 5.02. The summed E-state index contributed by atoms with van der Waals surface area (Å²) in [6.07, 6.45) is 3.64. The van der Waals surface area contributed by atoms with Crippen molar-refractivity contribution in [2.75, 3.05) is 13.7 Å². The van der Waals surface area contributed by atoms with E-state index < -0.39 is 6.23 Å². The topological polar surface area (TPSA) is 45.1 Å². The number of aliphatic hydroxyl groups excluding tert-OH is 1. The van der Waals surface area contributed by atoms with Crippen molar-refractivity contribution in [2.45, 2.75) is 36.6 Å². The van der Waals surface area contributed by atoms with E-state index in [0.29, 0.717) is 17.9 Å². The summed E-state index contributed by atoms with van der Waals surface area (Å²) in [5, 5.41) is 11.4.